The molecule has 0 aliphatic carbocycles. The Kier molecular flexibility index (Phi) is 4.93. The minimum absolute atomic E-state index is 1.03. The quantitative estimate of drug-likeness (QED) is 0.195. The molecule has 0 aromatic heterocycles. The summed E-state index contributed by atoms with van der Waals surface area (Å²) in [6.45, 7) is 9.13. The van der Waals surface area contributed by atoms with Crippen LogP contribution in [0.15, 0.2) is 84.9 Å². The molecule has 0 aliphatic rings. The highest BCUT2D eigenvalue weighted by molar-refractivity contribution is 6.40. The summed E-state index contributed by atoms with van der Waals surface area (Å²) in [6, 6.07) is 33.7. The number of hydrogen-bond acceptors (Lipinski definition) is 0. The van der Waals surface area contributed by atoms with E-state index >= 15 is 0 Å². The van der Waals surface area contributed by atoms with Gasteiger partial charge in [-0.1, -0.05) is 100 Å². The van der Waals surface area contributed by atoms with Crippen molar-refractivity contribution in [2.75, 3.05) is 0 Å². The topological polar surface area (TPSA) is 0 Å². The second kappa shape index (κ2) is 8.55. The zero-order valence-electron chi connectivity index (χ0n) is 24.9. The van der Waals surface area contributed by atoms with Gasteiger partial charge in [-0.2, -0.15) is 0 Å². The molecule has 9 aromatic rings. The van der Waals surface area contributed by atoms with Crippen molar-refractivity contribution in [2.45, 2.75) is 53.4 Å². The number of fused-ring (bicyclic) bond motifs is 11. The average molecular weight is 539 g/mol. The molecule has 0 saturated carbocycles. The molecule has 0 spiro atoms. The minimum atomic E-state index is 1.03. The average Bonchev–Trinajstić information content (AvgIpc) is 3.53. The fraction of sp³-hybridized carbons (Fsp3) is 0.190. The molecule has 202 valence electrons. The molecule has 0 atom stereocenters. The lowest BCUT2D eigenvalue weighted by Crippen LogP contribution is -1.90. The molecule has 0 saturated heterocycles. The smallest absolute Gasteiger partial charge is 0.00171 e. The summed E-state index contributed by atoms with van der Waals surface area (Å²) in [5.41, 5.74) is 5.71. The molecule has 0 radical (unpaired) electrons. The molecular weight excluding hydrogens is 504 g/mol. The largest absolute Gasteiger partial charge is 0.0613 e. The molecule has 0 nitrogen and oxygen atoms in total. The molecule has 0 fully saturated rings. The van der Waals surface area contributed by atoms with Crippen LogP contribution < -0.4 is 0 Å². The Balaban J connectivity index is 1.57. The number of rotatable bonds is 4. The van der Waals surface area contributed by atoms with Crippen molar-refractivity contribution >= 4 is 86.2 Å². The van der Waals surface area contributed by atoms with E-state index in [1.165, 1.54) is 108 Å². The molecule has 0 N–H and O–H groups in total. The van der Waals surface area contributed by atoms with Crippen LogP contribution in [-0.4, -0.2) is 0 Å². The predicted molar refractivity (Wildman–Crippen MR) is 186 cm³/mol. The zero-order valence-corrected chi connectivity index (χ0v) is 24.9. The first-order valence-electron chi connectivity index (χ1n) is 15.9. The van der Waals surface area contributed by atoms with Crippen LogP contribution in [0.4, 0.5) is 0 Å². The molecular formula is C42H34. The molecule has 0 amide bonds. The molecule has 0 heteroatoms. The van der Waals surface area contributed by atoms with E-state index in [9.17, 15) is 0 Å². The Morgan fingerprint density at radius 3 is 1.05 bits per heavy atom. The van der Waals surface area contributed by atoms with Crippen molar-refractivity contribution in [3.05, 3.63) is 107 Å². The van der Waals surface area contributed by atoms with Gasteiger partial charge < -0.3 is 0 Å². The highest BCUT2D eigenvalue weighted by Crippen LogP contribution is 2.48. The Morgan fingerprint density at radius 1 is 0.286 bits per heavy atom. The third-order valence-corrected chi connectivity index (χ3v) is 10.4. The van der Waals surface area contributed by atoms with Gasteiger partial charge in [-0.05, 0) is 146 Å². The first-order chi connectivity index (χ1) is 20.6. The first kappa shape index (κ1) is 24.2. The molecule has 0 heterocycles. The van der Waals surface area contributed by atoms with E-state index in [4.69, 9.17) is 0 Å². The van der Waals surface area contributed by atoms with Gasteiger partial charge in [0.2, 0.25) is 0 Å². The molecule has 9 rings (SSSR count). The second-order valence-electron chi connectivity index (χ2n) is 12.3. The summed E-state index contributed by atoms with van der Waals surface area (Å²) in [4.78, 5) is 0. The van der Waals surface area contributed by atoms with Gasteiger partial charge in [-0.15, -0.1) is 0 Å². The van der Waals surface area contributed by atoms with E-state index in [1.54, 1.807) is 0 Å². The van der Waals surface area contributed by atoms with Gasteiger partial charge >= 0.3 is 0 Å². The SMILES string of the molecule is CCc1ccc2c(c1)c1cc3c4cc5c6cc(CC)ccc6c6ccc(CC)c(c4ccc3c3c(CC)ccc2c13)c65. The van der Waals surface area contributed by atoms with Gasteiger partial charge in [0.05, 0.1) is 0 Å². The minimum Gasteiger partial charge on any atom is -0.0613 e. The molecule has 0 aliphatic heterocycles. The van der Waals surface area contributed by atoms with E-state index in [2.05, 4.69) is 113 Å². The third kappa shape index (κ3) is 2.93. The lowest BCUT2D eigenvalue weighted by molar-refractivity contribution is 1.15. The van der Waals surface area contributed by atoms with Gasteiger partial charge in [0.1, 0.15) is 0 Å². The Morgan fingerprint density at radius 2 is 0.643 bits per heavy atom. The van der Waals surface area contributed by atoms with Gasteiger partial charge in [0.25, 0.3) is 0 Å². The third-order valence-electron chi connectivity index (χ3n) is 10.4. The van der Waals surface area contributed by atoms with E-state index < -0.39 is 0 Å². The summed E-state index contributed by atoms with van der Waals surface area (Å²) in [6.07, 6.45) is 4.17. The summed E-state index contributed by atoms with van der Waals surface area (Å²) in [7, 11) is 0. The standard InChI is InChI=1S/C42H34/c1-5-23-9-13-27-29-15-11-25(7-3)39-31-17-18-32-36(35(31)21-37(41(29)39)33(27)19-23)22-38-34-20-24(6-2)10-14-28(34)30-16-12-26(8-4)40(32)42(30)38/h9-22H,5-8H2,1-4H3. The maximum absolute atomic E-state index is 2.54. The second-order valence-corrected chi connectivity index (χ2v) is 12.3. The highest BCUT2D eigenvalue weighted by atomic mass is 14.2. The summed E-state index contributed by atoms with van der Waals surface area (Å²) in [5, 5.41) is 22.6. The van der Waals surface area contributed by atoms with Crippen LogP contribution in [0.3, 0.4) is 0 Å². The maximum atomic E-state index is 2.54. The number of aryl methyl sites for hydroxylation is 4. The van der Waals surface area contributed by atoms with Crippen LogP contribution in [0.5, 0.6) is 0 Å². The van der Waals surface area contributed by atoms with Gasteiger partial charge in [0.15, 0.2) is 0 Å². The normalized spacial score (nSPS) is 12.7. The molecule has 0 bridgehead atoms. The summed E-state index contributed by atoms with van der Waals surface area (Å²) >= 11 is 0. The van der Waals surface area contributed by atoms with Crippen molar-refractivity contribution in [3.63, 3.8) is 0 Å². The lowest BCUT2D eigenvalue weighted by atomic mass is 9.88. The van der Waals surface area contributed by atoms with Gasteiger partial charge in [-0.25, -0.2) is 0 Å². The summed E-state index contributed by atoms with van der Waals surface area (Å²) < 4.78 is 0. The Labute approximate surface area is 246 Å². The van der Waals surface area contributed by atoms with Crippen molar-refractivity contribution in [1.82, 2.24) is 0 Å². The van der Waals surface area contributed by atoms with E-state index in [0.717, 1.165) is 25.7 Å². The monoisotopic (exact) mass is 538 g/mol. The number of hydrogen-bond donors (Lipinski definition) is 0. The predicted octanol–water partition coefficient (Wildman–Crippen LogP) is 12.0. The van der Waals surface area contributed by atoms with Crippen LogP contribution in [-0.2, 0) is 25.7 Å². The van der Waals surface area contributed by atoms with Crippen LogP contribution in [0.1, 0.15) is 49.9 Å². The van der Waals surface area contributed by atoms with Crippen molar-refractivity contribution in [1.29, 1.82) is 0 Å². The van der Waals surface area contributed by atoms with Crippen LogP contribution >= 0.6 is 0 Å². The van der Waals surface area contributed by atoms with Crippen LogP contribution in [0.2, 0.25) is 0 Å². The zero-order chi connectivity index (χ0) is 28.3. The van der Waals surface area contributed by atoms with E-state index in [0.29, 0.717) is 0 Å². The Hall–Kier alpha value is -4.42. The maximum Gasteiger partial charge on any atom is -0.00171 e. The molecule has 42 heavy (non-hydrogen) atoms. The molecule has 9 aromatic carbocycles. The van der Waals surface area contributed by atoms with E-state index in [1.807, 2.05) is 0 Å². The van der Waals surface area contributed by atoms with Gasteiger partial charge in [0, 0.05) is 0 Å². The van der Waals surface area contributed by atoms with Crippen molar-refractivity contribution in [3.8, 4) is 0 Å². The van der Waals surface area contributed by atoms with E-state index in [-0.39, 0.29) is 0 Å². The Bertz CT molecular complexity index is 2360. The van der Waals surface area contributed by atoms with Crippen molar-refractivity contribution < 1.29 is 0 Å². The first-order valence-corrected chi connectivity index (χ1v) is 15.9. The van der Waals surface area contributed by atoms with Crippen LogP contribution in [0, 0.1) is 0 Å². The summed E-state index contributed by atoms with van der Waals surface area (Å²) in [5.74, 6) is 0. The van der Waals surface area contributed by atoms with Crippen LogP contribution in [0.25, 0.3) is 86.2 Å². The molecule has 0 unspecified atom stereocenters. The van der Waals surface area contributed by atoms with Crippen molar-refractivity contribution in [2.24, 2.45) is 0 Å². The lowest BCUT2D eigenvalue weighted by Gasteiger charge is -2.15. The number of benzene rings is 7. The van der Waals surface area contributed by atoms with Gasteiger partial charge in [-0.3, -0.25) is 0 Å². The highest BCUT2D eigenvalue weighted by Gasteiger charge is 2.21. The fourth-order valence-electron chi connectivity index (χ4n) is 8.28. The fourth-order valence-corrected chi connectivity index (χ4v) is 8.28.